The van der Waals surface area contributed by atoms with E-state index in [0.717, 1.165) is 53.2 Å². The molecule has 168 valence electrons. The normalized spacial score (nSPS) is 16.6. The Morgan fingerprint density at radius 1 is 1.06 bits per heavy atom. The maximum Gasteiger partial charge on any atom is 0.196 e. The maximum absolute atomic E-state index is 13.6. The molecule has 2 aliphatic rings. The largest absolute Gasteiger partial charge is 0.467 e. The van der Waals surface area contributed by atoms with Crippen molar-refractivity contribution in [1.82, 2.24) is 19.7 Å². The highest BCUT2D eigenvalue weighted by Gasteiger charge is 2.21. The Kier molecular flexibility index (Phi) is 6.64. The van der Waals surface area contributed by atoms with Crippen molar-refractivity contribution in [2.75, 3.05) is 19.9 Å². The van der Waals surface area contributed by atoms with Gasteiger partial charge in [0.1, 0.15) is 11.6 Å². The zero-order valence-corrected chi connectivity index (χ0v) is 19.2. The average Bonchev–Trinajstić information content (AvgIpc) is 3.21. The summed E-state index contributed by atoms with van der Waals surface area (Å²) in [5.41, 5.74) is 2.79. The molecule has 2 aromatic carbocycles. The van der Waals surface area contributed by atoms with Gasteiger partial charge in [-0.3, -0.25) is 9.47 Å². The van der Waals surface area contributed by atoms with Gasteiger partial charge in [0, 0.05) is 27.6 Å². The summed E-state index contributed by atoms with van der Waals surface area (Å²) >= 11 is 7.88. The van der Waals surface area contributed by atoms with E-state index < -0.39 is 0 Å². The summed E-state index contributed by atoms with van der Waals surface area (Å²) in [6.45, 7) is 3.56. The van der Waals surface area contributed by atoms with Crippen molar-refractivity contribution in [3.63, 3.8) is 0 Å². The third-order valence-electron chi connectivity index (χ3n) is 5.71. The molecule has 9 heteroatoms. The predicted octanol–water partition coefficient (Wildman–Crippen LogP) is 5.20. The molecule has 0 radical (unpaired) electrons. The summed E-state index contributed by atoms with van der Waals surface area (Å²) in [5.74, 6) is 2.04. The van der Waals surface area contributed by atoms with Crippen molar-refractivity contribution in [3.05, 3.63) is 64.2 Å². The Balaban J connectivity index is 1.43. The highest BCUT2D eigenvalue weighted by molar-refractivity contribution is 7.98. The number of benzene rings is 2. The fourth-order valence-corrected chi connectivity index (χ4v) is 5.37. The van der Waals surface area contributed by atoms with Crippen molar-refractivity contribution in [1.29, 1.82) is 0 Å². The van der Waals surface area contributed by atoms with Crippen LogP contribution in [0.5, 0.6) is 5.75 Å². The summed E-state index contributed by atoms with van der Waals surface area (Å²) in [6, 6.07) is 10.3. The van der Waals surface area contributed by atoms with Crippen LogP contribution in [0, 0.1) is 5.82 Å². The number of thioether (sulfide) groups is 1. The predicted molar refractivity (Wildman–Crippen MR) is 122 cm³/mol. The molecule has 0 unspecified atom stereocenters. The maximum atomic E-state index is 13.6. The SMILES string of the molecule is Fc1ccc(-n2c(CN3CCCCC3)nnc2SCc2cc(Cl)cc3c2OCOC3)cc1. The van der Waals surface area contributed by atoms with Gasteiger partial charge < -0.3 is 9.47 Å². The molecule has 0 amide bonds. The van der Waals surface area contributed by atoms with E-state index in [4.69, 9.17) is 21.1 Å². The van der Waals surface area contributed by atoms with Crippen LogP contribution >= 0.6 is 23.4 Å². The van der Waals surface area contributed by atoms with E-state index in [-0.39, 0.29) is 12.6 Å². The van der Waals surface area contributed by atoms with Crippen molar-refractivity contribution in [3.8, 4) is 11.4 Å². The van der Waals surface area contributed by atoms with Gasteiger partial charge in [0.25, 0.3) is 0 Å². The van der Waals surface area contributed by atoms with Gasteiger partial charge in [-0.1, -0.05) is 29.8 Å². The fraction of sp³-hybridized carbons (Fsp3) is 0.391. The number of piperidine rings is 1. The van der Waals surface area contributed by atoms with Gasteiger partial charge in [-0.2, -0.15) is 0 Å². The molecule has 5 rings (SSSR count). The molecule has 2 aliphatic heterocycles. The van der Waals surface area contributed by atoms with Crippen molar-refractivity contribution in [2.24, 2.45) is 0 Å². The lowest BCUT2D eigenvalue weighted by atomic mass is 10.1. The molecule has 0 aliphatic carbocycles. The van der Waals surface area contributed by atoms with Crippen LogP contribution in [-0.4, -0.2) is 39.5 Å². The number of hydrogen-bond acceptors (Lipinski definition) is 6. The summed E-state index contributed by atoms with van der Waals surface area (Å²) in [6.07, 6.45) is 3.69. The summed E-state index contributed by atoms with van der Waals surface area (Å²) in [7, 11) is 0. The smallest absolute Gasteiger partial charge is 0.196 e. The van der Waals surface area contributed by atoms with Crippen LogP contribution in [0.4, 0.5) is 4.39 Å². The highest BCUT2D eigenvalue weighted by atomic mass is 35.5. The fourth-order valence-electron chi connectivity index (χ4n) is 4.17. The Hall–Kier alpha value is -2.13. The van der Waals surface area contributed by atoms with E-state index >= 15 is 0 Å². The van der Waals surface area contributed by atoms with Gasteiger partial charge in [-0.25, -0.2) is 4.39 Å². The van der Waals surface area contributed by atoms with Crippen LogP contribution in [0.2, 0.25) is 5.02 Å². The number of fused-ring (bicyclic) bond motifs is 1. The molecule has 0 spiro atoms. The topological polar surface area (TPSA) is 52.4 Å². The van der Waals surface area contributed by atoms with Crippen molar-refractivity contribution >= 4 is 23.4 Å². The Labute approximate surface area is 195 Å². The third-order valence-corrected chi connectivity index (χ3v) is 6.90. The van der Waals surface area contributed by atoms with Gasteiger partial charge in [0.05, 0.1) is 13.2 Å². The van der Waals surface area contributed by atoms with Gasteiger partial charge in [-0.05, 0) is 62.3 Å². The molecular weight excluding hydrogens is 451 g/mol. The quantitative estimate of drug-likeness (QED) is 0.457. The van der Waals surface area contributed by atoms with Gasteiger partial charge in [-0.15, -0.1) is 10.2 Å². The zero-order chi connectivity index (χ0) is 21.9. The first-order chi connectivity index (χ1) is 15.7. The van der Waals surface area contributed by atoms with Crippen LogP contribution in [0.1, 0.15) is 36.2 Å². The molecule has 6 nitrogen and oxygen atoms in total. The van der Waals surface area contributed by atoms with Crippen LogP contribution < -0.4 is 4.74 Å². The van der Waals surface area contributed by atoms with Gasteiger partial charge in [0.15, 0.2) is 17.8 Å². The zero-order valence-electron chi connectivity index (χ0n) is 17.6. The Morgan fingerprint density at radius 2 is 1.88 bits per heavy atom. The average molecular weight is 475 g/mol. The first kappa shape index (κ1) is 21.7. The van der Waals surface area contributed by atoms with Crippen LogP contribution in [-0.2, 0) is 23.6 Å². The van der Waals surface area contributed by atoms with Gasteiger partial charge >= 0.3 is 0 Å². The van der Waals surface area contributed by atoms with E-state index in [2.05, 4.69) is 15.1 Å². The van der Waals surface area contributed by atoms with Crippen LogP contribution in [0.15, 0.2) is 41.6 Å². The lowest BCUT2D eigenvalue weighted by molar-refractivity contribution is -0.0168. The second-order valence-electron chi connectivity index (χ2n) is 8.00. The molecule has 1 saturated heterocycles. The van der Waals surface area contributed by atoms with Crippen molar-refractivity contribution < 1.29 is 13.9 Å². The number of ether oxygens (including phenoxy) is 2. The second kappa shape index (κ2) is 9.79. The summed E-state index contributed by atoms with van der Waals surface area (Å²) < 4.78 is 26.7. The first-order valence-corrected chi connectivity index (χ1v) is 12.1. The van der Waals surface area contributed by atoms with E-state index in [9.17, 15) is 4.39 Å². The Morgan fingerprint density at radius 3 is 2.69 bits per heavy atom. The number of hydrogen-bond donors (Lipinski definition) is 0. The molecule has 1 aromatic heterocycles. The lowest BCUT2D eigenvalue weighted by Crippen LogP contribution is -2.30. The van der Waals surface area contributed by atoms with E-state index in [1.165, 1.54) is 31.4 Å². The van der Waals surface area contributed by atoms with E-state index in [0.29, 0.717) is 17.4 Å². The molecule has 0 N–H and O–H groups in total. The minimum Gasteiger partial charge on any atom is -0.467 e. The third kappa shape index (κ3) is 4.78. The minimum atomic E-state index is -0.265. The van der Waals surface area contributed by atoms with Gasteiger partial charge in [0.2, 0.25) is 0 Å². The van der Waals surface area contributed by atoms with Crippen molar-refractivity contribution in [2.45, 2.75) is 43.3 Å². The molecule has 0 bridgehead atoms. The van der Waals surface area contributed by atoms with Crippen LogP contribution in [0.25, 0.3) is 5.69 Å². The first-order valence-electron chi connectivity index (χ1n) is 10.7. The summed E-state index contributed by atoms with van der Waals surface area (Å²) in [4.78, 5) is 2.41. The van der Waals surface area contributed by atoms with Crippen LogP contribution in [0.3, 0.4) is 0 Å². The monoisotopic (exact) mass is 474 g/mol. The molecule has 1 fully saturated rings. The van der Waals surface area contributed by atoms with E-state index in [1.807, 2.05) is 16.7 Å². The molecule has 0 atom stereocenters. The summed E-state index contributed by atoms with van der Waals surface area (Å²) in [5, 5.41) is 10.4. The minimum absolute atomic E-state index is 0.234. The lowest BCUT2D eigenvalue weighted by Gasteiger charge is -2.26. The molecule has 3 aromatic rings. The number of rotatable bonds is 6. The number of likely N-dealkylation sites (tertiary alicyclic amines) is 1. The highest BCUT2D eigenvalue weighted by Crippen LogP contribution is 2.36. The second-order valence-corrected chi connectivity index (χ2v) is 9.38. The standard InChI is InChI=1S/C23H24ClFN4O2S/c24-18-10-16-13-30-15-31-22(16)17(11-18)14-32-23-27-26-21(12-28-8-2-1-3-9-28)29(23)20-6-4-19(25)5-7-20/h4-7,10-11H,1-3,8-9,12-15H2. The molecular formula is C23H24ClFN4O2S. The number of aromatic nitrogens is 3. The van der Waals surface area contributed by atoms with E-state index in [1.54, 1.807) is 23.9 Å². The molecule has 32 heavy (non-hydrogen) atoms. The molecule has 3 heterocycles. The number of nitrogens with zero attached hydrogens (tertiary/aromatic N) is 4. The Bertz CT molecular complexity index is 1090. The molecule has 0 saturated carbocycles. The number of halogens is 2.